The van der Waals surface area contributed by atoms with Gasteiger partial charge in [0, 0.05) is 5.69 Å². The lowest BCUT2D eigenvalue weighted by Crippen LogP contribution is -2.21. The largest absolute Gasteiger partial charge is 0.452 e. The van der Waals surface area contributed by atoms with E-state index in [2.05, 4.69) is 23.9 Å². The summed E-state index contributed by atoms with van der Waals surface area (Å²) < 4.78 is 33.4. The molecular weight excluding hydrogens is 356 g/mol. The summed E-state index contributed by atoms with van der Waals surface area (Å²) in [5.41, 5.74) is 1.82. The number of hydrogen-bond donors (Lipinski definition) is 1. The van der Waals surface area contributed by atoms with E-state index in [0.29, 0.717) is 5.69 Å². The molecule has 144 valence electrons. The highest BCUT2D eigenvalue weighted by Gasteiger charge is 2.14. The number of anilines is 1. The summed E-state index contributed by atoms with van der Waals surface area (Å²) in [5, 5.41) is 2.74. The van der Waals surface area contributed by atoms with Gasteiger partial charge >= 0.3 is 12.6 Å². The number of para-hydroxylation sites is 1. The van der Waals surface area contributed by atoms with Crippen LogP contribution in [0.25, 0.3) is 0 Å². The smallest absolute Gasteiger partial charge is 0.387 e. The quantitative estimate of drug-likeness (QED) is 0.683. The first kappa shape index (κ1) is 20.4. The number of alkyl halides is 2. The van der Waals surface area contributed by atoms with E-state index < -0.39 is 25.1 Å². The van der Waals surface area contributed by atoms with Crippen molar-refractivity contribution in [1.82, 2.24) is 0 Å². The van der Waals surface area contributed by atoms with Crippen LogP contribution in [0.15, 0.2) is 48.5 Å². The summed E-state index contributed by atoms with van der Waals surface area (Å²) in [4.78, 5) is 24.1. The number of carbonyl (C=O) groups is 2. The number of esters is 1. The van der Waals surface area contributed by atoms with Crippen LogP contribution < -0.4 is 10.1 Å². The third-order valence-corrected chi connectivity index (χ3v) is 4.03. The molecule has 0 saturated heterocycles. The lowest BCUT2D eigenvalue weighted by molar-refractivity contribution is -0.119. The van der Waals surface area contributed by atoms with Gasteiger partial charge in [-0.2, -0.15) is 8.78 Å². The molecule has 2 aromatic rings. The Balaban J connectivity index is 1.91. The van der Waals surface area contributed by atoms with Crippen LogP contribution in [0.1, 0.15) is 42.1 Å². The predicted octanol–water partition coefficient (Wildman–Crippen LogP) is 4.60. The second kappa shape index (κ2) is 9.66. The maximum atomic E-state index is 12.1. The Labute approximate surface area is 156 Å². The van der Waals surface area contributed by atoms with E-state index >= 15 is 0 Å². The van der Waals surface area contributed by atoms with Gasteiger partial charge in [-0.05, 0) is 48.2 Å². The molecule has 0 radical (unpaired) electrons. The average molecular weight is 377 g/mol. The van der Waals surface area contributed by atoms with Gasteiger partial charge in [-0.1, -0.05) is 32.0 Å². The maximum absolute atomic E-state index is 12.1. The first-order chi connectivity index (χ1) is 12.9. The Hall–Kier alpha value is -2.96. The van der Waals surface area contributed by atoms with E-state index in [9.17, 15) is 18.4 Å². The lowest BCUT2D eigenvalue weighted by Gasteiger charge is -2.15. The molecule has 7 heteroatoms. The molecule has 1 N–H and O–H groups in total. The van der Waals surface area contributed by atoms with Crippen LogP contribution in [0.4, 0.5) is 14.5 Å². The van der Waals surface area contributed by atoms with Crippen LogP contribution in [0.3, 0.4) is 0 Å². The van der Waals surface area contributed by atoms with Gasteiger partial charge in [-0.15, -0.1) is 0 Å². The van der Waals surface area contributed by atoms with Crippen LogP contribution in [0.5, 0.6) is 5.75 Å². The number of rotatable bonds is 8. The fraction of sp³-hybridized carbons (Fsp3) is 0.300. The van der Waals surface area contributed by atoms with Gasteiger partial charge in [0.15, 0.2) is 6.61 Å². The lowest BCUT2D eigenvalue weighted by atomic mass is 9.97. The number of ether oxygens (including phenoxy) is 2. The molecule has 1 atom stereocenters. The van der Waals surface area contributed by atoms with Crippen LogP contribution in [-0.2, 0) is 9.53 Å². The molecule has 27 heavy (non-hydrogen) atoms. The van der Waals surface area contributed by atoms with Gasteiger partial charge in [0.1, 0.15) is 5.75 Å². The van der Waals surface area contributed by atoms with Gasteiger partial charge in [-0.3, -0.25) is 4.79 Å². The monoisotopic (exact) mass is 377 g/mol. The summed E-state index contributed by atoms with van der Waals surface area (Å²) >= 11 is 0. The topological polar surface area (TPSA) is 64.6 Å². The van der Waals surface area contributed by atoms with Crippen LogP contribution >= 0.6 is 0 Å². The Morgan fingerprint density at radius 3 is 2.37 bits per heavy atom. The molecular formula is C20H21F2NO4. The minimum Gasteiger partial charge on any atom is -0.452 e. The van der Waals surface area contributed by atoms with Crippen LogP contribution in [0.2, 0.25) is 0 Å². The summed E-state index contributed by atoms with van der Waals surface area (Å²) in [6.07, 6.45) is 0.924. The van der Waals surface area contributed by atoms with Crippen molar-refractivity contribution >= 4 is 17.6 Å². The van der Waals surface area contributed by atoms with Crippen molar-refractivity contribution in [2.75, 3.05) is 11.9 Å². The maximum Gasteiger partial charge on any atom is 0.387 e. The van der Waals surface area contributed by atoms with Gasteiger partial charge < -0.3 is 14.8 Å². The molecule has 0 spiro atoms. The van der Waals surface area contributed by atoms with E-state index in [-0.39, 0.29) is 17.2 Å². The molecule has 5 nitrogen and oxygen atoms in total. The fourth-order valence-corrected chi connectivity index (χ4v) is 2.43. The number of carbonyl (C=O) groups excluding carboxylic acids is 2. The third kappa shape index (κ3) is 6.06. The number of nitrogens with one attached hydrogen (secondary N) is 1. The molecule has 1 amide bonds. The van der Waals surface area contributed by atoms with E-state index in [0.717, 1.165) is 12.0 Å². The molecule has 0 aliphatic carbocycles. The number of benzene rings is 2. The van der Waals surface area contributed by atoms with Crippen molar-refractivity contribution in [2.45, 2.75) is 32.8 Å². The number of halogens is 2. The SMILES string of the molecule is CC[C@H](C)c1ccccc1NC(=O)COC(=O)c1ccc(OC(F)F)cc1. The van der Waals surface area contributed by atoms with Crippen molar-refractivity contribution in [2.24, 2.45) is 0 Å². The molecule has 0 heterocycles. The summed E-state index contributed by atoms with van der Waals surface area (Å²) in [5.74, 6) is -0.986. The van der Waals surface area contributed by atoms with E-state index in [1.54, 1.807) is 6.07 Å². The minimum atomic E-state index is -2.94. The molecule has 2 rings (SSSR count). The van der Waals surface area contributed by atoms with E-state index in [1.165, 1.54) is 24.3 Å². The fourth-order valence-electron chi connectivity index (χ4n) is 2.43. The van der Waals surface area contributed by atoms with Crippen molar-refractivity contribution in [3.63, 3.8) is 0 Å². The van der Waals surface area contributed by atoms with Crippen LogP contribution in [0, 0.1) is 0 Å². The van der Waals surface area contributed by atoms with Crippen molar-refractivity contribution in [1.29, 1.82) is 0 Å². The van der Waals surface area contributed by atoms with Gasteiger partial charge in [0.2, 0.25) is 0 Å². The summed E-state index contributed by atoms with van der Waals surface area (Å²) in [6.45, 7) is 0.725. The molecule has 0 unspecified atom stereocenters. The second-order valence-electron chi connectivity index (χ2n) is 5.92. The predicted molar refractivity (Wildman–Crippen MR) is 97.1 cm³/mol. The van der Waals surface area contributed by atoms with Crippen molar-refractivity contribution < 1.29 is 27.8 Å². The number of amides is 1. The van der Waals surface area contributed by atoms with E-state index in [4.69, 9.17) is 4.74 Å². The molecule has 2 aromatic carbocycles. The normalized spacial score (nSPS) is 11.7. The highest BCUT2D eigenvalue weighted by Crippen LogP contribution is 2.26. The molecule has 0 aliphatic heterocycles. The third-order valence-electron chi connectivity index (χ3n) is 4.03. The molecule has 0 aromatic heterocycles. The Kier molecular flexibility index (Phi) is 7.28. The standard InChI is InChI=1S/C20H21F2NO4/c1-3-13(2)16-6-4-5-7-17(16)23-18(24)12-26-19(25)14-8-10-15(11-9-14)27-20(21)22/h4-11,13,20H,3,12H2,1-2H3,(H,23,24)/t13-/m0/s1. The summed E-state index contributed by atoms with van der Waals surface area (Å²) in [7, 11) is 0. The first-order valence-electron chi connectivity index (χ1n) is 8.51. The van der Waals surface area contributed by atoms with Gasteiger partial charge in [0.25, 0.3) is 5.91 Å². The zero-order valence-electron chi connectivity index (χ0n) is 15.1. The Bertz CT molecular complexity index is 778. The van der Waals surface area contributed by atoms with Crippen LogP contribution in [-0.4, -0.2) is 25.1 Å². The average Bonchev–Trinajstić information content (AvgIpc) is 2.66. The molecule has 0 aliphatic rings. The second-order valence-corrected chi connectivity index (χ2v) is 5.92. The zero-order chi connectivity index (χ0) is 19.8. The Morgan fingerprint density at radius 2 is 1.74 bits per heavy atom. The first-order valence-corrected chi connectivity index (χ1v) is 8.51. The summed E-state index contributed by atoms with van der Waals surface area (Å²) in [6, 6.07) is 12.5. The van der Waals surface area contributed by atoms with E-state index in [1.807, 2.05) is 18.2 Å². The highest BCUT2D eigenvalue weighted by molar-refractivity contribution is 5.96. The van der Waals surface area contributed by atoms with Crippen molar-refractivity contribution in [3.05, 3.63) is 59.7 Å². The van der Waals surface area contributed by atoms with Gasteiger partial charge in [-0.25, -0.2) is 4.79 Å². The zero-order valence-corrected chi connectivity index (χ0v) is 15.1. The molecule has 0 fully saturated rings. The Morgan fingerprint density at radius 1 is 1.07 bits per heavy atom. The number of hydrogen-bond acceptors (Lipinski definition) is 4. The molecule has 0 saturated carbocycles. The highest BCUT2D eigenvalue weighted by atomic mass is 19.3. The van der Waals surface area contributed by atoms with Crippen molar-refractivity contribution in [3.8, 4) is 5.75 Å². The minimum absolute atomic E-state index is 0.0686. The van der Waals surface area contributed by atoms with Gasteiger partial charge in [0.05, 0.1) is 5.56 Å². The molecule has 0 bridgehead atoms.